The second-order valence-corrected chi connectivity index (χ2v) is 10.2. The molecule has 0 aromatic heterocycles. The molecular weight excluding hydrogens is 517 g/mol. The number of ether oxygens (including phenoxy) is 2. The van der Waals surface area contributed by atoms with Gasteiger partial charge >= 0.3 is 47.7 Å². The van der Waals surface area contributed by atoms with E-state index in [4.69, 9.17) is 9.84 Å². The molecule has 1 amide bonds. The Morgan fingerprint density at radius 2 is 1.95 bits per heavy atom. The average Bonchev–Trinajstić information content (AvgIpc) is 3.39. The van der Waals surface area contributed by atoms with Crippen LogP contribution in [-0.4, -0.2) is 65.1 Å². The Hall–Kier alpha value is -2.58. The van der Waals surface area contributed by atoms with Gasteiger partial charge in [-0.05, 0) is 31.5 Å². The van der Waals surface area contributed by atoms with Crippen LogP contribution < -0.4 is 50.6 Å². The van der Waals surface area contributed by atoms with Crippen LogP contribution in [0.1, 0.15) is 30.6 Å². The largest absolute Gasteiger partial charge is 1.00 e. The number of anilines is 1. The van der Waals surface area contributed by atoms with Gasteiger partial charge < -0.3 is 40.4 Å². The topological polar surface area (TPSA) is 183 Å². The van der Waals surface area contributed by atoms with Crippen LogP contribution in [0.3, 0.4) is 0 Å². The molecule has 0 bridgehead atoms. The Kier molecular flexibility index (Phi) is 9.29. The van der Waals surface area contributed by atoms with E-state index in [1.165, 1.54) is 36.9 Å². The molecule has 3 aliphatic rings. The molecule has 3 heterocycles. The van der Waals surface area contributed by atoms with Crippen LogP contribution in [0.15, 0.2) is 34.9 Å². The van der Waals surface area contributed by atoms with Crippen molar-refractivity contribution >= 4 is 47.4 Å². The summed E-state index contributed by atoms with van der Waals surface area (Å²) in [5.74, 6) is -5.02. The summed E-state index contributed by atoms with van der Waals surface area (Å²) in [5.41, 5.74) is 0.253. The summed E-state index contributed by atoms with van der Waals surface area (Å²) in [6.45, 7) is 3.71. The molecule has 37 heavy (non-hydrogen) atoms. The standard InChI is InChI=1S/C23H25N3O9S.Na/c1-9-16(15-10(2)34-23(33)35-22(15)32)26-17(21(30)31)18(9)36-13-7-14(24-8-13)19(27)25-12-5-3-4-11(6-12)20(28)29;/h3-6,9-10,13-16,24,26H,7-8H2,1-2H3,(H,25,27)(H,28,29)(H,30,31);/q;+1/p-1/t9-,10+,13+,14+,15-,16-;/m1./s1. The maximum atomic E-state index is 12.7. The number of hydrogen-bond donors (Lipinski definition) is 4. The molecule has 0 aliphatic carbocycles. The number of hydrogen-bond acceptors (Lipinski definition) is 11. The quantitative estimate of drug-likeness (QED) is 0.157. The number of aromatic carboxylic acids is 1. The van der Waals surface area contributed by atoms with Crippen molar-refractivity contribution in [3.63, 3.8) is 0 Å². The molecule has 14 heteroatoms. The minimum absolute atomic E-state index is 0. The van der Waals surface area contributed by atoms with E-state index in [1.807, 2.05) is 0 Å². The van der Waals surface area contributed by atoms with Crippen molar-refractivity contribution in [2.45, 2.75) is 43.7 Å². The number of benzene rings is 1. The number of carbonyl (C=O) groups excluding carboxylic acids is 4. The van der Waals surface area contributed by atoms with E-state index >= 15 is 0 Å². The van der Waals surface area contributed by atoms with Gasteiger partial charge in [-0.15, -0.1) is 11.8 Å². The van der Waals surface area contributed by atoms with Gasteiger partial charge in [0.15, 0.2) is 0 Å². The first-order chi connectivity index (χ1) is 17.0. The molecular formula is C23H24N3NaO9S. The number of carboxylic acids is 2. The van der Waals surface area contributed by atoms with E-state index in [0.717, 1.165) is 0 Å². The van der Waals surface area contributed by atoms with Gasteiger partial charge in [0.05, 0.1) is 29.3 Å². The molecule has 192 valence electrons. The van der Waals surface area contributed by atoms with Crippen molar-refractivity contribution in [2.75, 3.05) is 11.9 Å². The van der Waals surface area contributed by atoms with Gasteiger partial charge in [-0.2, -0.15) is 0 Å². The van der Waals surface area contributed by atoms with Gasteiger partial charge in [0, 0.05) is 28.3 Å². The first-order valence-corrected chi connectivity index (χ1v) is 12.1. The van der Waals surface area contributed by atoms with Gasteiger partial charge in [0.1, 0.15) is 12.0 Å². The molecule has 1 aromatic rings. The summed E-state index contributed by atoms with van der Waals surface area (Å²) in [6, 6.07) is 4.63. The Balaban J connectivity index is 0.00000380. The second kappa shape index (κ2) is 11.9. The second-order valence-electron chi connectivity index (χ2n) is 8.82. The van der Waals surface area contributed by atoms with E-state index in [0.29, 0.717) is 23.6 Å². The van der Waals surface area contributed by atoms with Crippen molar-refractivity contribution in [3.8, 4) is 0 Å². The predicted molar refractivity (Wildman–Crippen MR) is 123 cm³/mol. The minimum Gasteiger partial charge on any atom is -0.543 e. The van der Waals surface area contributed by atoms with Gasteiger partial charge in [-0.25, -0.2) is 9.59 Å². The van der Waals surface area contributed by atoms with E-state index in [-0.39, 0.29) is 52.0 Å². The number of carboxylic acid groups (broad SMARTS) is 2. The van der Waals surface area contributed by atoms with Crippen molar-refractivity contribution in [1.82, 2.24) is 10.6 Å². The fraction of sp³-hybridized carbons (Fsp3) is 0.435. The first kappa shape index (κ1) is 29.0. The molecule has 3 aliphatic heterocycles. The summed E-state index contributed by atoms with van der Waals surface area (Å²) in [4.78, 5) is 59.9. The van der Waals surface area contributed by atoms with Crippen LogP contribution in [-0.2, 0) is 23.9 Å². The summed E-state index contributed by atoms with van der Waals surface area (Å²) >= 11 is 1.28. The van der Waals surface area contributed by atoms with Crippen LogP contribution in [0.5, 0.6) is 0 Å². The molecule has 4 rings (SSSR count). The molecule has 2 fully saturated rings. The third-order valence-electron chi connectivity index (χ3n) is 6.42. The van der Waals surface area contributed by atoms with Gasteiger partial charge in [-0.3, -0.25) is 9.59 Å². The molecule has 6 atom stereocenters. The number of aliphatic carboxylic acids is 1. The van der Waals surface area contributed by atoms with Crippen molar-refractivity contribution < 1.29 is 73.2 Å². The number of carbonyl (C=O) groups is 5. The number of thioether (sulfide) groups is 1. The molecule has 2 saturated heterocycles. The fourth-order valence-corrected chi connectivity index (χ4v) is 6.09. The van der Waals surface area contributed by atoms with Crippen LogP contribution in [0.25, 0.3) is 0 Å². The van der Waals surface area contributed by atoms with Crippen LogP contribution in [0, 0.1) is 11.8 Å². The zero-order valence-corrected chi connectivity index (χ0v) is 23.1. The molecule has 0 radical (unpaired) electrons. The molecule has 0 saturated carbocycles. The number of esters is 1. The summed E-state index contributed by atoms with van der Waals surface area (Å²) < 4.78 is 9.60. The SMILES string of the molecule is C[C@@H]1OC(=O)OC(=O)[C@H]1[C@@H]1NC(C(=O)[O-])=C(S[C@@H]2CN[C@H](C(=O)Nc3cccc(C(=O)O)c3)C2)[C@@H]1C.[Na+]. The zero-order chi connectivity index (χ0) is 26.1. The molecule has 1 aromatic carbocycles. The number of rotatable bonds is 7. The summed E-state index contributed by atoms with van der Waals surface area (Å²) in [5, 5.41) is 29.5. The Bertz CT molecular complexity index is 1160. The van der Waals surface area contributed by atoms with E-state index < -0.39 is 54.1 Å². The number of cyclic esters (lactones) is 3. The van der Waals surface area contributed by atoms with Crippen molar-refractivity contribution in [2.24, 2.45) is 11.8 Å². The van der Waals surface area contributed by atoms with Crippen LogP contribution >= 0.6 is 11.8 Å². The van der Waals surface area contributed by atoms with E-state index in [9.17, 15) is 29.1 Å². The maximum absolute atomic E-state index is 12.7. The Labute approximate surface area is 238 Å². The van der Waals surface area contributed by atoms with Gasteiger partial charge in [0.2, 0.25) is 5.91 Å². The van der Waals surface area contributed by atoms with Crippen molar-refractivity contribution in [1.29, 1.82) is 0 Å². The molecule has 12 nitrogen and oxygen atoms in total. The Morgan fingerprint density at radius 3 is 2.59 bits per heavy atom. The summed E-state index contributed by atoms with van der Waals surface area (Å²) in [7, 11) is 0. The predicted octanol–water partition coefficient (Wildman–Crippen LogP) is -2.94. The molecule has 0 spiro atoms. The normalized spacial score (nSPS) is 29.0. The van der Waals surface area contributed by atoms with E-state index in [2.05, 4.69) is 20.7 Å². The first-order valence-electron chi connectivity index (χ1n) is 11.2. The van der Waals surface area contributed by atoms with Crippen molar-refractivity contribution in [3.05, 3.63) is 40.4 Å². The fourth-order valence-electron chi connectivity index (χ4n) is 4.64. The maximum Gasteiger partial charge on any atom is 1.00 e. The molecule has 0 unspecified atom stereocenters. The third-order valence-corrected chi connectivity index (χ3v) is 7.94. The number of amides is 1. The van der Waals surface area contributed by atoms with E-state index in [1.54, 1.807) is 13.0 Å². The molecule has 4 N–H and O–H groups in total. The number of nitrogens with one attached hydrogen (secondary N) is 3. The monoisotopic (exact) mass is 541 g/mol. The summed E-state index contributed by atoms with van der Waals surface area (Å²) in [6.07, 6.45) is -1.52. The van der Waals surface area contributed by atoms with Gasteiger partial charge in [-0.1, -0.05) is 13.0 Å². The smallest absolute Gasteiger partial charge is 0.543 e. The van der Waals surface area contributed by atoms with Crippen LogP contribution in [0.2, 0.25) is 0 Å². The minimum atomic E-state index is -1.43. The van der Waals surface area contributed by atoms with Crippen LogP contribution in [0.4, 0.5) is 10.5 Å². The average molecular weight is 542 g/mol. The Morgan fingerprint density at radius 1 is 1.22 bits per heavy atom. The van der Waals surface area contributed by atoms with Gasteiger partial charge in [0.25, 0.3) is 0 Å². The third kappa shape index (κ3) is 6.29. The zero-order valence-electron chi connectivity index (χ0n) is 20.3.